The number of nitro groups is 1. The molecule has 0 N–H and O–H groups in total. The van der Waals surface area contributed by atoms with E-state index in [1.54, 1.807) is 25.0 Å². The van der Waals surface area contributed by atoms with E-state index in [4.69, 9.17) is 0 Å². The van der Waals surface area contributed by atoms with Gasteiger partial charge in [0.25, 0.3) is 0 Å². The lowest BCUT2D eigenvalue weighted by atomic mass is 10.3. The molecule has 2 aromatic heterocycles. The first kappa shape index (κ1) is 14.3. The van der Waals surface area contributed by atoms with E-state index in [-0.39, 0.29) is 5.69 Å². The lowest BCUT2D eigenvalue weighted by molar-refractivity contribution is -0.388. The molecule has 22 heavy (non-hydrogen) atoms. The van der Waals surface area contributed by atoms with Crippen LogP contribution in [-0.4, -0.2) is 29.5 Å². The Labute approximate surface area is 129 Å². The zero-order valence-electron chi connectivity index (χ0n) is 11.9. The number of hydrogen-bond acceptors (Lipinski definition) is 6. The number of rotatable bonds is 4. The van der Waals surface area contributed by atoms with Crippen molar-refractivity contribution in [2.45, 2.75) is 17.1 Å². The number of nitrogens with zero attached hydrogens (tertiary/aromatic N) is 6. The maximum atomic E-state index is 11.2. The molecule has 0 saturated carbocycles. The second-order valence-corrected chi connectivity index (χ2v) is 5.49. The number of aromatic nitrogens is 5. The highest BCUT2D eigenvalue weighted by Crippen LogP contribution is 2.34. The monoisotopic (exact) mass is 316 g/mol. The van der Waals surface area contributed by atoms with Crippen LogP contribution in [0.2, 0.25) is 0 Å². The molecule has 0 amide bonds. The summed E-state index contributed by atoms with van der Waals surface area (Å²) in [6.07, 6.45) is 1.58. The maximum Gasteiger partial charge on any atom is 0.324 e. The van der Waals surface area contributed by atoms with E-state index in [9.17, 15) is 10.1 Å². The first-order valence-corrected chi connectivity index (χ1v) is 7.21. The molecule has 0 unspecified atom stereocenters. The third kappa shape index (κ3) is 2.58. The fourth-order valence-electron chi connectivity index (χ4n) is 2.04. The van der Waals surface area contributed by atoms with E-state index in [0.29, 0.717) is 15.9 Å². The molecule has 112 valence electrons. The predicted octanol–water partition coefficient (Wildman–Crippen LogP) is 2.37. The average Bonchev–Trinajstić information content (AvgIpc) is 3.05. The minimum absolute atomic E-state index is 0.0106. The number of aryl methyl sites for hydroxylation is 2. The van der Waals surface area contributed by atoms with Crippen molar-refractivity contribution in [1.29, 1.82) is 0 Å². The lowest BCUT2D eigenvalue weighted by Gasteiger charge is -1.99. The largest absolute Gasteiger partial charge is 0.324 e. The van der Waals surface area contributed by atoms with Crippen LogP contribution in [0.15, 0.2) is 46.8 Å². The van der Waals surface area contributed by atoms with Crippen LogP contribution in [0.5, 0.6) is 0 Å². The minimum Gasteiger partial charge on any atom is -0.258 e. The summed E-state index contributed by atoms with van der Waals surface area (Å²) in [5, 5.41) is 20.4. The van der Waals surface area contributed by atoms with Crippen molar-refractivity contribution in [3.8, 4) is 5.69 Å². The fraction of sp³-hybridized carbons (Fsp3) is 0.154. The van der Waals surface area contributed by atoms with Crippen LogP contribution in [0, 0.1) is 17.0 Å². The third-order valence-corrected chi connectivity index (χ3v) is 4.02. The average molecular weight is 316 g/mol. The number of para-hydroxylation sites is 1. The highest BCUT2D eigenvalue weighted by molar-refractivity contribution is 7.99. The Kier molecular flexibility index (Phi) is 3.63. The topological polar surface area (TPSA) is 91.7 Å². The molecular formula is C13H12N6O2S. The van der Waals surface area contributed by atoms with E-state index in [2.05, 4.69) is 15.2 Å². The molecule has 3 aromatic rings. The van der Waals surface area contributed by atoms with Gasteiger partial charge in [-0.15, -0.1) is 5.10 Å². The van der Waals surface area contributed by atoms with E-state index >= 15 is 0 Å². The van der Waals surface area contributed by atoms with Crippen molar-refractivity contribution < 1.29 is 4.92 Å². The Morgan fingerprint density at radius 3 is 2.64 bits per heavy atom. The Hall–Kier alpha value is -2.68. The lowest BCUT2D eigenvalue weighted by Crippen LogP contribution is -1.96. The smallest absolute Gasteiger partial charge is 0.258 e. The molecule has 0 saturated heterocycles. The van der Waals surface area contributed by atoms with Crippen LogP contribution in [0.25, 0.3) is 5.69 Å². The molecule has 8 nitrogen and oxygen atoms in total. The summed E-state index contributed by atoms with van der Waals surface area (Å²) in [6.45, 7) is 1.61. The van der Waals surface area contributed by atoms with Gasteiger partial charge in [0.1, 0.15) is 12.0 Å². The Bertz CT molecular complexity index is 826. The molecule has 0 spiro atoms. The van der Waals surface area contributed by atoms with E-state index < -0.39 is 4.92 Å². The number of hydrogen-bond donors (Lipinski definition) is 0. The van der Waals surface area contributed by atoms with Crippen LogP contribution >= 0.6 is 11.8 Å². The molecule has 3 rings (SSSR count). The van der Waals surface area contributed by atoms with Gasteiger partial charge in [-0.25, -0.2) is 9.67 Å². The first-order chi connectivity index (χ1) is 10.6. The molecule has 9 heteroatoms. The SMILES string of the molecule is Cc1nn(C)c(Sc2ncn(-c3ccccc3)n2)c1[N+](=O)[O-]. The van der Waals surface area contributed by atoms with Crippen molar-refractivity contribution in [3.63, 3.8) is 0 Å². The predicted molar refractivity (Wildman–Crippen MR) is 80.1 cm³/mol. The summed E-state index contributed by atoms with van der Waals surface area (Å²) >= 11 is 1.12. The zero-order valence-corrected chi connectivity index (χ0v) is 12.7. The van der Waals surface area contributed by atoms with Gasteiger partial charge in [-0.2, -0.15) is 5.10 Å². The Morgan fingerprint density at radius 1 is 1.23 bits per heavy atom. The van der Waals surface area contributed by atoms with E-state index in [1.165, 1.54) is 4.68 Å². The second-order valence-electron chi connectivity index (χ2n) is 4.53. The highest BCUT2D eigenvalue weighted by Gasteiger charge is 2.25. The highest BCUT2D eigenvalue weighted by atomic mass is 32.2. The first-order valence-electron chi connectivity index (χ1n) is 6.39. The van der Waals surface area contributed by atoms with Gasteiger partial charge in [-0.05, 0) is 30.8 Å². The molecule has 0 aliphatic heterocycles. The van der Waals surface area contributed by atoms with Crippen LogP contribution in [0.4, 0.5) is 5.69 Å². The van der Waals surface area contributed by atoms with Crippen molar-refractivity contribution in [2.24, 2.45) is 7.05 Å². The third-order valence-electron chi connectivity index (χ3n) is 3.00. The Balaban J connectivity index is 1.92. The van der Waals surface area contributed by atoms with E-state index in [0.717, 1.165) is 17.4 Å². The van der Waals surface area contributed by atoms with Crippen molar-refractivity contribution in [3.05, 3.63) is 52.5 Å². The van der Waals surface area contributed by atoms with Crippen LogP contribution in [0.1, 0.15) is 5.69 Å². The Morgan fingerprint density at radius 2 is 1.95 bits per heavy atom. The fourth-order valence-corrected chi connectivity index (χ4v) is 2.93. The van der Waals surface area contributed by atoms with Crippen LogP contribution < -0.4 is 0 Å². The molecule has 0 aliphatic rings. The molecule has 0 atom stereocenters. The zero-order chi connectivity index (χ0) is 15.7. The molecule has 0 aliphatic carbocycles. The summed E-state index contributed by atoms with van der Waals surface area (Å²) in [6, 6.07) is 9.52. The molecular weight excluding hydrogens is 304 g/mol. The molecule has 0 radical (unpaired) electrons. The summed E-state index contributed by atoms with van der Waals surface area (Å²) in [5.74, 6) is 0. The van der Waals surface area contributed by atoms with Crippen molar-refractivity contribution in [2.75, 3.05) is 0 Å². The summed E-state index contributed by atoms with van der Waals surface area (Å²) in [4.78, 5) is 14.9. The summed E-state index contributed by atoms with van der Waals surface area (Å²) < 4.78 is 3.10. The van der Waals surface area contributed by atoms with Crippen LogP contribution in [0.3, 0.4) is 0 Å². The summed E-state index contributed by atoms with van der Waals surface area (Å²) in [7, 11) is 1.66. The molecule has 0 fully saturated rings. The van der Waals surface area contributed by atoms with E-state index in [1.807, 2.05) is 30.3 Å². The van der Waals surface area contributed by atoms with Gasteiger partial charge in [0.2, 0.25) is 5.16 Å². The quantitative estimate of drug-likeness (QED) is 0.542. The molecule has 2 heterocycles. The second kappa shape index (κ2) is 5.60. The van der Waals surface area contributed by atoms with Crippen LogP contribution in [-0.2, 0) is 7.05 Å². The van der Waals surface area contributed by atoms with Gasteiger partial charge in [-0.3, -0.25) is 14.8 Å². The summed E-state index contributed by atoms with van der Waals surface area (Å²) in [5.41, 5.74) is 1.23. The van der Waals surface area contributed by atoms with Gasteiger partial charge in [0.15, 0.2) is 5.03 Å². The van der Waals surface area contributed by atoms with Crippen molar-refractivity contribution in [1.82, 2.24) is 24.5 Å². The van der Waals surface area contributed by atoms with Crippen molar-refractivity contribution >= 4 is 17.4 Å². The molecule has 1 aromatic carbocycles. The maximum absolute atomic E-state index is 11.2. The minimum atomic E-state index is -0.432. The number of benzene rings is 1. The van der Waals surface area contributed by atoms with Gasteiger partial charge >= 0.3 is 5.69 Å². The molecule has 0 bridgehead atoms. The van der Waals surface area contributed by atoms with Gasteiger partial charge in [0.05, 0.1) is 10.6 Å². The van der Waals surface area contributed by atoms with Gasteiger partial charge < -0.3 is 0 Å². The normalized spacial score (nSPS) is 10.8. The van der Waals surface area contributed by atoms with Gasteiger partial charge in [0, 0.05) is 7.05 Å². The standard InChI is InChI=1S/C13H12N6O2S/c1-9-11(19(20)21)12(17(2)15-9)22-13-14-8-18(16-13)10-6-4-3-5-7-10/h3-8H,1-2H3. The van der Waals surface area contributed by atoms with Gasteiger partial charge in [-0.1, -0.05) is 18.2 Å².